The normalized spacial score (nSPS) is 12.4. The predicted octanol–water partition coefficient (Wildman–Crippen LogP) is 4.35. The SMILES string of the molecule is CCCn1nc2n(c1=O)-c1cc(Br)c(Br)cc1N(C(=O)CN(CC)CC)c1ncccc1-2. The molecule has 1 aliphatic heterocycles. The molecule has 0 spiro atoms. The Hall–Kier alpha value is -2.30. The molecule has 0 bridgehead atoms. The molecule has 0 fully saturated rings. The Morgan fingerprint density at radius 3 is 2.44 bits per heavy atom. The van der Waals surface area contributed by atoms with Crippen molar-refractivity contribution in [2.45, 2.75) is 33.7 Å². The van der Waals surface area contributed by atoms with Crippen molar-refractivity contribution >= 4 is 49.3 Å². The van der Waals surface area contributed by atoms with Gasteiger partial charge in [-0.05, 0) is 75.6 Å². The second-order valence-electron chi connectivity index (χ2n) is 7.48. The minimum atomic E-state index is -0.245. The van der Waals surface area contributed by atoms with Gasteiger partial charge in [0, 0.05) is 21.7 Å². The highest BCUT2D eigenvalue weighted by atomic mass is 79.9. The standard InChI is InChI=1S/C22H24Br2N6O2/c1-4-10-28-22(32)30-18-12-16(24)15(23)11-17(18)29(19(31)13-27(5-2)6-3)20-14(21(30)26-28)8-7-9-25-20/h7-9,11-12H,4-6,10,13H2,1-3H3. The highest BCUT2D eigenvalue weighted by Gasteiger charge is 2.33. The fraction of sp³-hybridized carbons (Fsp3) is 0.364. The topological polar surface area (TPSA) is 76.3 Å². The predicted molar refractivity (Wildman–Crippen MR) is 132 cm³/mol. The maximum Gasteiger partial charge on any atom is 0.350 e. The van der Waals surface area contributed by atoms with Gasteiger partial charge in [-0.1, -0.05) is 20.8 Å². The van der Waals surface area contributed by atoms with E-state index in [-0.39, 0.29) is 18.1 Å². The first-order valence-corrected chi connectivity index (χ1v) is 12.2. The van der Waals surface area contributed by atoms with E-state index >= 15 is 0 Å². The lowest BCUT2D eigenvalue weighted by Gasteiger charge is -2.27. The molecule has 0 radical (unpaired) electrons. The van der Waals surface area contributed by atoms with E-state index < -0.39 is 0 Å². The van der Waals surface area contributed by atoms with Crippen LogP contribution in [-0.2, 0) is 11.3 Å². The second-order valence-corrected chi connectivity index (χ2v) is 9.19. The van der Waals surface area contributed by atoms with Gasteiger partial charge in [-0.25, -0.2) is 19.0 Å². The van der Waals surface area contributed by atoms with Gasteiger partial charge in [-0.2, -0.15) is 0 Å². The summed E-state index contributed by atoms with van der Waals surface area (Å²) in [5.41, 5.74) is 1.54. The van der Waals surface area contributed by atoms with Gasteiger partial charge in [-0.15, -0.1) is 5.10 Å². The first-order valence-electron chi connectivity index (χ1n) is 10.6. The number of pyridine rings is 1. The van der Waals surface area contributed by atoms with E-state index in [9.17, 15) is 9.59 Å². The third kappa shape index (κ3) is 3.84. The van der Waals surface area contributed by atoms with Crippen LogP contribution in [0.4, 0.5) is 11.5 Å². The van der Waals surface area contributed by atoms with Gasteiger partial charge in [0.25, 0.3) is 0 Å². The fourth-order valence-electron chi connectivity index (χ4n) is 3.87. The molecule has 0 N–H and O–H groups in total. The van der Waals surface area contributed by atoms with Crippen LogP contribution in [0.1, 0.15) is 27.2 Å². The summed E-state index contributed by atoms with van der Waals surface area (Å²) >= 11 is 7.11. The van der Waals surface area contributed by atoms with E-state index in [2.05, 4.69) is 46.8 Å². The molecule has 8 nitrogen and oxygen atoms in total. The number of rotatable bonds is 6. The first-order chi connectivity index (χ1) is 15.4. The molecular formula is C22H24Br2N6O2. The van der Waals surface area contributed by atoms with Crippen molar-refractivity contribution in [3.05, 3.63) is 49.9 Å². The van der Waals surface area contributed by atoms with Crippen LogP contribution in [0.5, 0.6) is 0 Å². The number of likely N-dealkylation sites (N-methyl/N-ethyl adjacent to an activating group) is 1. The van der Waals surface area contributed by atoms with Crippen molar-refractivity contribution in [2.24, 2.45) is 0 Å². The van der Waals surface area contributed by atoms with Gasteiger partial charge in [0.05, 0.1) is 23.5 Å². The lowest BCUT2D eigenvalue weighted by Crippen LogP contribution is -2.38. The summed E-state index contributed by atoms with van der Waals surface area (Å²) in [6, 6.07) is 7.33. The molecule has 3 heterocycles. The molecule has 0 unspecified atom stereocenters. The Labute approximate surface area is 203 Å². The number of hydrogen-bond donors (Lipinski definition) is 0. The second kappa shape index (κ2) is 9.29. The number of anilines is 2. The van der Waals surface area contributed by atoms with E-state index in [0.717, 1.165) is 28.5 Å². The third-order valence-corrected chi connectivity index (χ3v) is 7.36. The lowest BCUT2D eigenvalue weighted by atomic mass is 10.2. The van der Waals surface area contributed by atoms with Gasteiger partial charge in [0.2, 0.25) is 5.91 Å². The molecule has 10 heteroatoms. The van der Waals surface area contributed by atoms with Crippen molar-refractivity contribution in [1.82, 2.24) is 24.2 Å². The highest BCUT2D eigenvalue weighted by Crippen LogP contribution is 2.43. The third-order valence-electron chi connectivity index (χ3n) is 5.52. The Balaban J connectivity index is 2.04. The van der Waals surface area contributed by atoms with Gasteiger partial charge in [0.15, 0.2) is 11.6 Å². The van der Waals surface area contributed by atoms with Crippen molar-refractivity contribution in [2.75, 3.05) is 24.5 Å². The van der Waals surface area contributed by atoms with Gasteiger partial charge in [0.1, 0.15) is 0 Å². The Morgan fingerprint density at radius 1 is 1.09 bits per heavy atom. The lowest BCUT2D eigenvalue weighted by molar-refractivity contribution is -0.119. The summed E-state index contributed by atoms with van der Waals surface area (Å²) in [7, 11) is 0. The number of benzene rings is 1. The first kappa shape index (κ1) is 22.9. The van der Waals surface area contributed by atoms with Crippen molar-refractivity contribution in [3.8, 4) is 17.1 Å². The summed E-state index contributed by atoms with van der Waals surface area (Å²) in [5.74, 6) is 0.816. The van der Waals surface area contributed by atoms with Crippen LogP contribution in [-0.4, -0.2) is 49.8 Å². The number of aromatic nitrogens is 4. The van der Waals surface area contributed by atoms with E-state index in [4.69, 9.17) is 0 Å². The van der Waals surface area contributed by atoms with Crippen molar-refractivity contribution in [3.63, 3.8) is 0 Å². The number of hydrogen-bond acceptors (Lipinski definition) is 5. The molecule has 1 amide bonds. The van der Waals surface area contributed by atoms with Crippen LogP contribution < -0.4 is 10.6 Å². The number of carbonyl (C=O) groups excluding carboxylic acids is 1. The average molecular weight is 564 g/mol. The Morgan fingerprint density at radius 2 is 1.78 bits per heavy atom. The monoisotopic (exact) mass is 562 g/mol. The van der Waals surface area contributed by atoms with Crippen molar-refractivity contribution < 1.29 is 4.79 Å². The molecule has 0 atom stereocenters. The summed E-state index contributed by atoms with van der Waals surface area (Å²) < 4.78 is 4.59. The zero-order chi connectivity index (χ0) is 23.0. The molecule has 32 heavy (non-hydrogen) atoms. The molecule has 1 aromatic carbocycles. The fourth-order valence-corrected chi connectivity index (χ4v) is 4.53. The van der Waals surface area contributed by atoms with E-state index in [0.29, 0.717) is 35.1 Å². The summed E-state index contributed by atoms with van der Waals surface area (Å²) in [6.45, 7) is 8.31. The average Bonchev–Trinajstić information content (AvgIpc) is 3.05. The summed E-state index contributed by atoms with van der Waals surface area (Å²) in [5, 5.41) is 4.63. The van der Waals surface area contributed by atoms with Gasteiger partial charge < -0.3 is 0 Å². The number of nitrogens with zero attached hydrogens (tertiary/aromatic N) is 6. The molecule has 2 aromatic heterocycles. The summed E-state index contributed by atoms with van der Waals surface area (Å²) in [6.07, 6.45) is 2.43. The number of halogens is 2. The maximum absolute atomic E-state index is 13.6. The number of fused-ring (bicyclic) bond motifs is 5. The Kier molecular flexibility index (Phi) is 6.64. The molecule has 0 aliphatic carbocycles. The number of aryl methyl sites for hydroxylation is 1. The van der Waals surface area contributed by atoms with E-state index in [1.165, 1.54) is 4.68 Å². The largest absolute Gasteiger partial charge is 0.350 e. The molecule has 0 saturated carbocycles. The van der Waals surface area contributed by atoms with Crippen LogP contribution in [0.25, 0.3) is 17.1 Å². The smallest absolute Gasteiger partial charge is 0.295 e. The van der Waals surface area contributed by atoms with Gasteiger partial charge >= 0.3 is 5.69 Å². The zero-order valence-corrected chi connectivity index (χ0v) is 21.3. The van der Waals surface area contributed by atoms with E-state index in [1.54, 1.807) is 21.7 Å². The van der Waals surface area contributed by atoms with Crippen LogP contribution in [0.3, 0.4) is 0 Å². The van der Waals surface area contributed by atoms with Crippen LogP contribution in [0, 0.1) is 0 Å². The molecule has 1 aliphatic rings. The quantitative estimate of drug-likeness (QED) is 0.445. The van der Waals surface area contributed by atoms with E-state index in [1.807, 2.05) is 39.0 Å². The van der Waals surface area contributed by atoms with Crippen LogP contribution in [0.15, 0.2) is 44.2 Å². The highest BCUT2D eigenvalue weighted by molar-refractivity contribution is 9.13. The summed E-state index contributed by atoms with van der Waals surface area (Å²) in [4.78, 5) is 35.2. The molecule has 3 aromatic rings. The zero-order valence-electron chi connectivity index (χ0n) is 18.2. The molecular weight excluding hydrogens is 540 g/mol. The van der Waals surface area contributed by atoms with Crippen LogP contribution in [0.2, 0.25) is 0 Å². The number of carbonyl (C=O) groups is 1. The minimum absolute atomic E-state index is 0.122. The minimum Gasteiger partial charge on any atom is -0.295 e. The van der Waals surface area contributed by atoms with Gasteiger partial charge in [-0.3, -0.25) is 14.6 Å². The maximum atomic E-state index is 13.6. The van der Waals surface area contributed by atoms with Crippen molar-refractivity contribution in [1.29, 1.82) is 0 Å². The number of amides is 1. The van der Waals surface area contributed by atoms with Crippen LogP contribution >= 0.6 is 31.9 Å². The molecule has 4 rings (SSSR count). The molecule has 168 valence electrons. The molecule has 0 saturated heterocycles. The Bertz CT molecular complexity index is 1230.